The summed E-state index contributed by atoms with van der Waals surface area (Å²) >= 11 is 0. The first-order valence-electron chi connectivity index (χ1n) is 20.2. The minimum absolute atomic E-state index is 0.0468. The van der Waals surface area contributed by atoms with Crippen molar-refractivity contribution in [2.45, 2.75) is 199 Å². The number of aliphatic hydroxyl groups excluding tert-OH is 1. The Kier molecular flexibility index (Phi) is 35.2. The number of hydrogen-bond donors (Lipinski definition) is 3. The normalized spacial score (nSPS) is 14.1. The summed E-state index contributed by atoms with van der Waals surface area (Å²) in [5, 5.41) is 9.98. The molecule has 11 heteroatoms. The van der Waals surface area contributed by atoms with Crippen molar-refractivity contribution in [2.24, 2.45) is 5.73 Å². The zero-order chi connectivity index (χ0) is 37.0. The van der Waals surface area contributed by atoms with Gasteiger partial charge in [0.2, 0.25) is 0 Å². The Balaban J connectivity index is 4.21. The molecule has 0 saturated carbocycles. The molecule has 0 spiro atoms. The van der Waals surface area contributed by atoms with Crippen molar-refractivity contribution in [3.63, 3.8) is 0 Å². The minimum atomic E-state index is -4.38. The number of allylic oxidation sites excluding steroid dienone is 2. The Morgan fingerprint density at radius 2 is 1.14 bits per heavy atom. The van der Waals surface area contributed by atoms with Crippen LogP contribution in [0.2, 0.25) is 0 Å². The number of carbonyl (C=O) groups is 2. The smallest absolute Gasteiger partial charge is 0.462 e. The lowest BCUT2D eigenvalue weighted by Gasteiger charge is -2.19. The Morgan fingerprint density at radius 1 is 0.640 bits per heavy atom. The first kappa shape index (κ1) is 48.7. The van der Waals surface area contributed by atoms with E-state index in [1.807, 2.05) is 0 Å². The molecule has 3 atom stereocenters. The second kappa shape index (κ2) is 36.1. The number of ether oxygens (including phenoxy) is 2. The molecule has 0 aliphatic rings. The molecule has 50 heavy (non-hydrogen) atoms. The number of nitrogens with two attached hydrogens (primary N) is 1. The van der Waals surface area contributed by atoms with Gasteiger partial charge in [-0.25, -0.2) is 4.57 Å². The van der Waals surface area contributed by atoms with Gasteiger partial charge in [-0.05, 0) is 44.9 Å². The molecule has 296 valence electrons. The first-order chi connectivity index (χ1) is 24.2. The molecular weight excluding hydrogens is 657 g/mol. The number of carbonyl (C=O) groups excluding carboxylic acids is 2. The van der Waals surface area contributed by atoms with Gasteiger partial charge in [0.05, 0.1) is 19.3 Å². The summed E-state index contributed by atoms with van der Waals surface area (Å²) in [6.45, 7) is 3.60. The summed E-state index contributed by atoms with van der Waals surface area (Å²) in [6.07, 6.45) is 31.2. The van der Waals surface area contributed by atoms with Crippen LogP contribution in [0, 0.1) is 0 Å². The van der Waals surface area contributed by atoms with Crippen molar-refractivity contribution in [1.29, 1.82) is 0 Å². The van der Waals surface area contributed by atoms with Crippen LogP contribution in [0.15, 0.2) is 12.2 Å². The van der Waals surface area contributed by atoms with E-state index in [0.717, 1.165) is 77.0 Å². The van der Waals surface area contributed by atoms with Crippen LogP contribution in [-0.2, 0) is 32.7 Å². The lowest BCUT2D eigenvalue weighted by Crippen LogP contribution is -2.29. The van der Waals surface area contributed by atoms with Crippen molar-refractivity contribution in [1.82, 2.24) is 0 Å². The summed E-state index contributed by atoms with van der Waals surface area (Å²) in [6, 6.07) is 0. The molecule has 4 N–H and O–H groups in total. The van der Waals surface area contributed by atoms with E-state index < -0.39 is 32.5 Å². The molecular formula is C39H76NO9P. The number of phosphoric acid groups is 1. The largest absolute Gasteiger partial charge is 0.472 e. The molecule has 0 amide bonds. The van der Waals surface area contributed by atoms with Crippen LogP contribution < -0.4 is 5.73 Å². The van der Waals surface area contributed by atoms with E-state index in [4.69, 9.17) is 24.3 Å². The second-order valence-corrected chi connectivity index (χ2v) is 15.1. The standard InChI is InChI=1S/C39H76NO9P/c1-3-5-7-8-9-10-11-12-13-16-20-23-27-31-39(43)49-37(35-48-50(44,45)47-33-32-40)34-46-38(42)30-26-22-19-17-14-15-18-21-25-29-36(41)28-24-6-4-2/h18,21,36-37,41H,3-17,19-20,22-35,40H2,1-2H3,(H,44,45)/b21-18-/t36-,37-/m1/s1. The Labute approximate surface area is 305 Å². The fourth-order valence-electron chi connectivity index (χ4n) is 5.65. The van der Waals surface area contributed by atoms with Gasteiger partial charge in [-0.3, -0.25) is 18.6 Å². The molecule has 1 unspecified atom stereocenters. The van der Waals surface area contributed by atoms with Gasteiger partial charge >= 0.3 is 19.8 Å². The summed E-state index contributed by atoms with van der Waals surface area (Å²) < 4.78 is 32.7. The molecule has 0 rings (SSSR count). The lowest BCUT2D eigenvalue weighted by atomic mass is 10.0. The summed E-state index contributed by atoms with van der Waals surface area (Å²) in [4.78, 5) is 34.7. The molecule has 0 aromatic carbocycles. The van der Waals surface area contributed by atoms with Crippen molar-refractivity contribution in [3.05, 3.63) is 12.2 Å². The molecule has 0 fully saturated rings. The summed E-state index contributed by atoms with van der Waals surface area (Å²) in [5.74, 6) is -0.864. The number of rotatable bonds is 38. The van der Waals surface area contributed by atoms with Gasteiger partial charge in [-0.2, -0.15) is 0 Å². The summed E-state index contributed by atoms with van der Waals surface area (Å²) in [7, 11) is -4.38. The maximum Gasteiger partial charge on any atom is 0.472 e. The van der Waals surface area contributed by atoms with Crippen molar-refractivity contribution in [2.75, 3.05) is 26.4 Å². The van der Waals surface area contributed by atoms with E-state index >= 15 is 0 Å². The average molecular weight is 734 g/mol. The molecule has 0 bridgehead atoms. The fourth-order valence-corrected chi connectivity index (χ4v) is 6.41. The Bertz CT molecular complexity index is 857. The minimum Gasteiger partial charge on any atom is -0.462 e. The van der Waals surface area contributed by atoms with E-state index in [2.05, 4.69) is 26.0 Å². The third-order valence-electron chi connectivity index (χ3n) is 8.73. The third kappa shape index (κ3) is 35.1. The molecule has 0 aliphatic carbocycles. The molecule has 0 radical (unpaired) electrons. The lowest BCUT2D eigenvalue weighted by molar-refractivity contribution is -0.161. The zero-order valence-corrected chi connectivity index (χ0v) is 32.9. The second-order valence-electron chi connectivity index (χ2n) is 13.7. The molecule has 0 aliphatic heterocycles. The number of unbranched alkanes of at least 4 members (excludes halogenated alkanes) is 19. The topological polar surface area (TPSA) is 155 Å². The van der Waals surface area contributed by atoms with Gasteiger partial charge in [0, 0.05) is 19.4 Å². The predicted molar refractivity (Wildman–Crippen MR) is 203 cm³/mol. The van der Waals surface area contributed by atoms with Gasteiger partial charge in [-0.1, -0.05) is 142 Å². The maximum atomic E-state index is 12.5. The number of hydrogen-bond acceptors (Lipinski definition) is 9. The van der Waals surface area contributed by atoms with E-state index in [1.54, 1.807) is 0 Å². The highest BCUT2D eigenvalue weighted by molar-refractivity contribution is 7.47. The predicted octanol–water partition coefficient (Wildman–Crippen LogP) is 10.0. The monoisotopic (exact) mass is 734 g/mol. The van der Waals surface area contributed by atoms with Gasteiger partial charge in [0.25, 0.3) is 0 Å². The average Bonchev–Trinajstić information content (AvgIpc) is 3.09. The van der Waals surface area contributed by atoms with Crippen molar-refractivity contribution in [3.8, 4) is 0 Å². The summed E-state index contributed by atoms with van der Waals surface area (Å²) in [5.41, 5.74) is 5.33. The van der Waals surface area contributed by atoms with Gasteiger partial charge in [0.1, 0.15) is 6.61 Å². The van der Waals surface area contributed by atoms with Gasteiger partial charge in [0.15, 0.2) is 6.10 Å². The molecule has 0 saturated heterocycles. The van der Waals surface area contributed by atoms with Crippen LogP contribution in [0.25, 0.3) is 0 Å². The van der Waals surface area contributed by atoms with Crippen LogP contribution in [0.5, 0.6) is 0 Å². The number of esters is 2. The molecule has 0 aromatic heterocycles. The maximum absolute atomic E-state index is 12.5. The zero-order valence-electron chi connectivity index (χ0n) is 32.0. The highest BCUT2D eigenvalue weighted by Crippen LogP contribution is 2.43. The van der Waals surface area contributed by atoms with Crippen LogP contribution in [0.1, 0.15) is 187 Å². The van der Waals surface area contributed by atoms with Crippen LogP contribution >= 0.6 is 7.82 Å². The number of aliphatic hydroxyl groups is 1. The van der Waals surface area contributed by atoms with E-state index in [1.165, 1.54) is 70.6 Å². The number of phosphoric ester groups is 1. The fraction of sp³-hybridized carbons (Fsp3) is 0.897. The Hall–Kier alpha value is -1.29. The first-order valence-corrected chi connectivity index (χ1v) is 21.7. The van der Waals surface area contributed by atoms with E-state index in [9.17, 15) is 24.2 Å². The highest BCUT2D eigenvalue weighted by atomic mass is 31.2. The van der Waals surface area contributed by atoms with Crippen molar-refractivity contribution < 1.29 is 42.7 Å². The highest BCUT2D eigenvalue weighted by Gasteiger charge is 2.26. The van der Waals surface area contributed by atoms with Gasteiger partial charge in [-0.15, -0.1) is 0 Å². The molecule has 10 nitrogen and oxygen atoms in total. The SMILES string of the molecule is CCCCCCCCCCCCCCCC(=O)O[C@H](COC(=O)CCCCCCC/C=C\CC[C@H](O)CCCCC)COP(=O)(O)OCCN. The molecule has 0 heterocycles. The van der Waals surface area contributed by atoms with Crippen molar-refractivity contribution >= 4 is 19.8 Å². The van der Waals surface area contributed by atoms with Gasteiger partial charge < -0.3 is 25.2 Å². The van der Waals surface area contributed by atoms with Crippen LogP contribution in [-0.4, -0.2) is 60.5 Å². The van der Waals surface area contributed by atoms with E-state index in [-0.39, 0.29) is 38.7 Å². The van der Waals surface area contributed by atoms with E-state index in [0.29, 0.717) is 12.8 Å². The van der Waals surface area contributed by atoms with Crippen LogP contribution in [0.4, 0.5) is 0 Å². The quantitative estimate of drug-likeness (QED) is 0.0242. The molecule has 0 aromatic rings. The Morgan fingerprint density at radius 3 is 1.72 bits per heavy atom. The van der Waals surface area contributed by atoms with Crippen LogP contribution in [0.3, 0.4) is 0 Å². The third-order valence-corrected chi connectivity index (χ3v) is 9.72.